The topological polar surface area (TPSA) is 92.5 Å². The molecule has 0 fully saturated rings. The fourth-order valence-corrected chi connectivity index (χ4v) is 3.73. The van der Waals surface area contributed by atoms with Crippen molar-refractivity contribution < 1.29 is 4.79 Å². The number of pyridine rings is 2. The van der Waals surface area contributed by atoms with E-state index in [9.17, 15) is 14.9 Å². The Hall–Kier alpha value is -3.44. The van der Waals surface area contributed by atoms with Crippen LogP contribution >= 0.6 is 11.8 Å². The van der Waals surface area contributed by atoms with Crippen LogP contribution in [0, 0.1) is 24.2 Å². The van der Waals surface area contributed by atoms with Gasteiger partial charge in [-0.05, 0) is 35.9 Å². The lowest BCUT2D eigenvalue weighted by Crippen LogP contribution is -2.31. The molecule has 3 heterocycles. The van der Waals surface area contributed by atoms with Crippen LogP contribution in [0.15, 0.2) is 58.3 Å². The lowest BCUT2D eigenvalue weighted by molar-refractivity contribution is -0.115. The van der Waals surface area contributed by atoms with Gasteiger partial charge in [0.25, 0.3) is 11.5 Å². The number of hydrogen-bond acceptors (Lipinski definition) is 5. The molecule has 0 aliphatic heterocycles. The minimum Gasteiger partial charge on any atom is -0.309 e. The molecule has 0 saturated carbocycles. The predicted molar refractivity (Wildman–Crippen MR) is 124 cm³/mol. The van der Waals surface area contributed by atoms with E-state index in [4.69, 9.17) is 4.98 Å². The number of thioether (sulfide) groups is 1. The molecule has 0 atom stereocenters. The van der Waals surface area contributed by atoms with Crippen LogP contribution in [0.1, 0.15) is 25.0 Å². The highest BCUT2D eigenvalue weighted by atomic mass is 32.2. The van der Waals surface area contributed by atoms with Crippen molar-refractivity contribution in [1.82, 2.24) is 14.0 Å². The summed E-state index contributed by atoms with van der Waals surface area (Å²) < 4.78 is 3.19. The Labute approximate surface area is 184 Å². The fraction of sp³-hybridized carbons (Fsp3) is 0.261. The number of nitrogens with zero attached hydrogens (tertiary/aromatic N) is 5. The number of fused-ring (bicyclic) bond motifs is 2. The van der Waals surface area contributed by atoms with Crippen LogP contribution in [0.3, 0.4) is 0 Å². The van der Waals surface area contributed by atoms with Gasteiger partial charge in [-0.15, -0.1) is 11.8 Å². The monoisotopic (exact) mass is 433 g/mol. The first-order chi connectivity index (χ1) is 14.9. The van der Waals surface area contributed by atoms with E-state index >= 15 is 0 Å². The number of allylic oxidation sites excluding steroid dienone is 2. The molecular weight excluding hydrogens is 410 g/mol. The minimum absolute atomic E-state index is 0.127. The van der Waals surface area contributed by atoms with Crippen molar-refractivity contribution in [2.24, 2.45) is 10.9 Å². The molecule has 0 aliphatic rings. The Kier molecular flexibility index (Phi) is 6.88. The Bertz CT molecular complexity index is 1370. The lowest BCUT2D eigenvalue weighted by atomic mass is 10.1. The summed E-state index contributed by atoms with van der Waals surface area (Å²) in [5, 5.41) is 11.8. The van der Waals surface area contributed by atoms with Crippen molar-refractivity contribution in [3.63, 3.8) is 0 Å². The molecule has 0 unspecified atom stereocenters. The van der Waals surface area contributed by atoms with E-state index in [1.54, 1.807) is 34.4 Å². The van der Waals surface area contributed by atoms with Crippen molar-refractivity contribution in [3.8, 4) is 6.07 Å². The highest BCUT2D eigenvalue weighted by Crippen LogP contribution is 2.14. The molecule has 7 nitrogen and oxygen atoms in total. The Morgan fingerprint density at radius 2 is 2.19 bits per heavy atom. The normalized spacial score (nSPS) is 12.2. The number of amides is 1. The summed E-state index contributed by atoms with van der Waals surface area (Å²) in [5.41, 5.74) is 1.93. The standard InChI is InChI=1S/C23H23N5O2S/c1-5-6-10-31-14-19(29)25-21-17(12-24)11-18-22(28(21)13-15(2)3)26-20-16(4)8-7-9-27(20)23(18)30/h5-11,15H,1,13-14H2,2-4H3/b10-6-,25-21?. The highest BCUT2D eigenvalue weighted by Gasteiger charge is 2.16. The molecule has 0 spiro atoms. The summed E-state index contributed by atoms with van der Waals surface area (Å²) in [4.78, 5) is 34.6. The lowest BCUT2D eigenvalue weighted by Gasteiger charge is -2.15. The third-order valence-electron chi connectivity index (χ3n) is 4.52. The van der Waals surface area contributed by atoms with E-state index in [2.05, 4.69) is 17.6 Å². The van der Waals surface area contributed by atoms with Gasteiger partial charge < -0.3 is 4.57 Å². The maximum Gasteiger partial charge on any atom is 0.267 e. The van der Waals surface area contributed by atoms with Crippen molar-refractivity contribution in [2.45, 2.75) is 27.3 Å². The molecule has 1 amide bonds. The van der Waals surface area contributed by atoms with Gasteiger partial charge in [-0.2, -0.15) is 10.3 Å². The van der Waals surface area contributed by atoms with Crippen LogP contribution in [0.5, 0.6) is 0 Å². The van der Waals surface area contributed by atoms with Crippen LogP contribution in [0.2, 0.25) is 0 Å². The summed E-state index contributed by atoms with van der Waals surface area (Å²) in [6.45, 7) is 9.95. The molecule has 8 heteroatoms. The number of hydrogen-bond donors (Lipinski definition) is 0. The molecule has 3 aromatic rings. The van der Waals surface area contributed by atoms with Gasteiger partial charge in [0.05, 0.1) is 16.7 Å². The second kappa shape index (κ2) is 9.58. The minimum atomic E-state index is -0.374. The van der Waals surface area contributed by atoms with Gasteiger partial charge in [0, 0.05) is 12.7 Å². The second-order valence-electron chi connectivity index (χ2n) is 7.42. The Morgan fingerprint density at radius 3 is 2.87 bits per heavy atom. The van der Waals surface area contributed by atoms with E-state index in [0.29, 0.717) is 23.2 Å². The van der Waals surface area contributed by atoms with Crippen molar-refractivity contribution >= 4 is 34.3 Å². The number of aryl methyl sites for hydroxylation is 1. The Balaban J connectivity index is 2.35. The largest absolute Gasteiger partial charge is 0.309 e. The maximum absolute atomic E-state index is 13.2. The van der Waals surface area contributed by atoms with Gasteiger partial charge >= 0.3 is 0 Å². The zero-order valence-corrected chi connectivity index (χ0v) is 18.5. The molecule has 0 saturated heterocycles. The fourth-order valence-electron chi connectivity index (χ4n) is 3.21. The van der Waals surface area contributed by atoms with E-state index in [-0.39, 0.29) is 34.2 Å². The molecule has 0 aliphatic carbocycles. The summed E-state index contributed by atoms with van der Waals surface area (Å²) in [6, 6.07) is 7.24. The summed E-state index contributed by atoms with van der Waals surface area (Å²) in [5.74, 6) is -0.0732. The van der Waals surface area contributed by atoms with Gasteiger partial charge in [0.2, 0.25) is 0 Å². The van der Waals surface area contributed by atoms with Crippen molar-refractivity contribution in [3.05, 3.63) is 75.5 Å². The molecule has 0 radical (unpaired) electrons. The highest BCUT2D eigenvalue weighted by molar-refractivity contribution is 8.02. The summed E-state index contributed by atoms with van der Waals surface area (Å²) in [6.07, 6.45) is 5.02. The first-order valence-electron chi connectivity index (χ1n) is 9.79. The van der Waals surface area contributed by atoms with E-state index in [1.807, 2.05) is 26.8 Å². The number of carbonyl (C=O) groups is 1. The third kappa shape index (κ3) is 4.67. The molecule has 3 rings (SSSR count). The first kappa shape index (κ1) is 22.2. The van der Waals surface area contributed by atoms with Crippen LogP contribution in [-0.2, 0) is 11.3 Å². The van der Waals surface area contributed by atoms with Gasteiger partial charge in [-0.3, -0.25) is 14.0 Å². The quantitative estimate of drug-likeness (QED) is 0.439. The maximum atomic E-state index is 13.2. The van der Waals surface area contributed by atoms with E-state index < -0.39 is 0 Å². The van der Waals surface area contributed by atoms with Crippen molar-refractivity contribution in [2.75, 3.05) is 5.75 Å². The smallest absolute Gasteiger partial charge is 0.267 e. The van der Waals surface area contributed by atoms with Crippen LogP contribution < -0.4 is 11.0 Å². The average Bonchev–Trinajstić information content (AvgIpc) is 2.73. The molecule has 0 bridgehead atoms. The van der Waals surface area contributed by atoms with Gasteiger partial charge in [0.15, 0.2) is 5.49 Å². The number of carbonyl (C=O) groups excluding carboxylic acids is 1. The molecular formula is C23H23N5O2S. The van der Waals surface area contributed by atoms with Crippen LogP contribution in [0.25, 0.3) is 16.7 Å². The first-order valence-corrected chi connectivity index (χ1v) is 10.8. The van der Waals surface area contributed by atoms with Gasteiger partial charge in [-0.25, -0.2) is 4.98 Å². The predicted octanol–water partition coefficient (Wildman–Crippen LogP) is 3.35. The Morgan fingerprint density at radius 1 is 1.42 bits per heavy atom. The molecule has 0 aromatic carbocycles. The molecule has 3 aromatic heterocycles. The summed E-state index contributed by atoms with van der Waals surface area (Å²) >= 11 is 1.29. The number of nitriles is 1. The molecule has 31 heavy (non-hydrogen) atoms. The number of aromatic nitrogens is 3. The van der Waals surface area contributed by atoms with Gasteiger partial charge in [0.1, 0.15) is 17.4 Å². The van der Waals surface area contributed by atoms with Crippen molar-refractivity contribution in [1.29, 1.82) is 5.26 Å². The molecule has 0 N–H and O–H groups in total. The zero-order valence-electron chi connectivity index (χ0n) is 17.7. The second-order valence-corrected chi connectivity index (χ2v) is 8.31. The van der Waals surface area contributed by atoms with Crippen LogP contribution in [-0.4, -0.2) is 25.6 Å². The third-order valence-corrected chi connectivity index (χ3v) is 5.28. The van der Waals surface area contributed by atoms with Gasteiger partial charge in [-0.1, -0.05) is 38.6 Å². The zero-order chi connectivity index (χ0) is 22.5. The molecule has 158 valence electrons. The van der Waals surface area contributed by atoms with E-state index in [1.165, 1.54) is 22.2 Å². The van der Waals surface area contributed by atoms with E-state index in [0.717, 1.165) is 5.56 Å². The summed E-state index contributed by atoms with van der Waals surface area (Å²) in [7, 11) is 0. The van der Waals surface area contributed by atoms with Crippen LogP contribution in [0.4, 0.5) is 0 Å². The average molecular weight is 434 g/mol. The number of rotatable bonds is 6. The SMILES string of the molecule is C=C/C=C\SCC(=O)N=c1c(C#N)cc2c(=O)n3cccc(C)c3nc2n1CC(C)C.